The van der Waals surface area contributed by atoms with Gasteiger partial charge in [-0.05, 0) is 30.3 Å². The fourth-order valence-electron chi connectivity index (χ4n) is 2.18. The highest BCUT2D eigenvalue weighted by atomic mass is 35.5. The van der Waals surface area contributed by atoms with E-state index in [4.69, 9.17) is 22.1 Å². The molecule has 7 nitrogen and oxygen atoms in total. The van der Waals surface area contributed by atoms with Gasteiger partial charge in [0.25, 0.3) is 0 Å². The number of benzene rings is 1. The molecule has 0 atom stereocenters. The summed E-state index contributed by atoms with van der Waals surface area (Å²) in [4.78, 5) is 15.4. The molecule has 2 heterocycles. The van der Waals surface area contributed by atoms with E-state index in [2.05, 4.69) is 25.3 Å². The van der Waals surface area contributed by atoms with Gasteiger partial charge in [-0.1, -0.05) is 11.6 Å². The Morgan fingerprint density at radius 2 is 1.89 bits per heavy atom. The number of rotatable bonds is 4. The van der Waals surface area contributed by atoms with E-state index in [0.29, 0.717) is 16.3 Å². The van der Waals surface area contributed by atoms with E-state index in [1.165, 1.54) is 13.2 Å². The van der Waals surface area contributed by atoms with Gasteiger partial charge < -0.3 is 15.8 Å². The summed E-state index contributed by atoms with van der Waals surface area (Å²) in [6.07, 6.45) is -3.54. The predicted molar refractivity (Wildman–Crippen MR) is 93.8 cm³/mol. The first kappa shape index (κ1) is 18.6. The number of hydrogen-bond donors (Lipinski definition) is 2. The first-order valence-corrected chi connectivity index (χ1v) is 7.79. The molecule has 0 saturated heterocycles. The van der Waals surface area contributed by atoms with Crippen LogP contribution in [0.2, 0.25) is 5.02 Å². The Balaban J connectivity index is 1.96. The molecule has 11 heteroatoms. The van der Waals surface area contributed by atoms with Gasteiger partial charge in [0, 0.05) is 22.5 Å². The van der Waals surface area contributed by atoms with Gasteiger partial charge in [-0.3, -0.25) is 4.98 Å². The molecule has 0 aliphatic carbocycles. The normalized spacial score (nSPS) is 11.3. The highest BCUT2D eigenvalue weighted by Crippen LogP contribution is 2.30. The summed E-state index contributed by atoms with van der Waals surface area (Å²) >= 11 is 6.04. The molecule has 2 aromatic heterocycles. The molecular formula is C16H12ClF3N6O. The van der Waals surface area contributed by atoms with Crippen molar-refractivity contribution < 1.29 is 17.9 Å². The maximum atomic E-state index is 12.8. The number of halogens is 4. The summed E-state index contributed by atoms with van der Waals surface area (Å²) in [5, 5.41) is 3.05. The number of nitrogens with zero attached hydrogens (tertiary/aromatic N) is 4. The third-order valence-corrected chi connectivity index (χ3v) is 3.54. The average molecular weight is 397 g/mol. The van der Waals surface area contributed by atoms with Crippen molar-refractivity contribution in [2.75, 3.05) is 18.2 Å². The number of pyridine rings is 1. The van der Waals surface area contributed by atoms with Crippen molar-refractivity contribution in [3.05, 3.63) is 47.2 Å². The summed E-state index contributed by atoms with van der Waals surface area (Å²) in [6, 6.07) is 7.01. The summed E-state index contributed by atoms with van der Waals surface area (Å²) in [5.41, 5.74) is 5.25. The fraction of sp³-hybridized carbons (Fsp3) is 0.125. The van der Waals surface area contributed by atoms with Crippen molar-refractivity contribution in [1.82, 2.24) is 19.9 Å². The molecule has 0 aliphatic heterocycles. The van der Waals surface area contributed by atoms with Gasteiger partial charge in [0.2, 0.25) is 11.9 Å². The zero-order valence-electron chi connectivity index (χ0n) is 13.8. The average Bonchev–Trinajstić information content (AvgIpc) is 2.60. The molecule has 0 fully saturated rings. The summed E-state index contributed by atoms with van der Waals surface area (Å²) < 4.78 is 43.5. The molecule has 0 spiro atoms. The lowest BCUT2D eigenvalue weighted by molar-refractivity contribution is -0.141. The Morgan fingerprint density at radius 3 is 2.59 bits per heavy atom. The maximum absolute atomic E-state index is 12.8. The number of nitrogens with two attached hydrogens (primary N) is 1. The van der Waals surface area contributed by atoms with Crippen LogP contribution in [0.4, 0.5) is 30.8 Å². The monoisotopic (exact) mass is 396 g/mol. The van der Waals surface area contributed by atoms with Crippen molar-refractivity contribution in [3.63, 3.8) is 0 Å². The summed E-state index contributed by atoms with van der Waals surface area (Å²) in [5.74, 6) is 0.508. The SMILES string of the molecule is COc1cc(Cl)cc(-c2nc(N)nc(Nc3ccnc(C(F)(F)F)c3)n2)c1. The molecule has 0 unspecified atom stereocenters. The minimum Gasteiger partial charge on any atom is -0.497 e. The van der Waals surface area contributed by atoms with Crippen molar-refractivity contribution in [3.8, 4) is 17.1 Å². The van der Waals surface area contributed by atoms with E-state index in [-0.39, 0.29) is 23.4 Å². The van der Waals surface area contributed by atoms with Crippen LogP contribution >= 0.6 is 11.6 Å². The largest absolute Gasteiger partial charge is 0.497 e. The van der Waals surface area contributed by atoms with Crippen LogP contribution in [0.5, 0.6) is 5.75 Å². The Bertz CT molecular complexity index is 983. The van der Waals surface area contributed by atoms with E-state index in [1.54, 1.807) is 18.2 Å². The lowest BCUT2D eigenvalue weighted by atomic mass is 10.2. The number of ether oxygens (including phenoxy) is 1. The van der Waals surface area contributed by atoms with Gasteiger partial charge in [0.15, 0.2) is 5.82 Å². The highest BCUT2D eigenvalue weighted by Gasteiger charge is 2.32. The third-order valence-electron chi connectivity index (χ3n) is 3.32. The van der Waals surface area contributed by atoms with Crippen molar-refractivity contribution >= 4 is 29.2 Å². The van der Waals surface area contributed by atoms with E-state index in [9.17, 15) is 13.2 Å². The molecule has 3 N–H and O–H groups in total. The molecule has 140 valence electrons. The van der Waals surface area contributed by atoms with Crippen LogP contribution in [0.25, 0.3) is 11.4 Å². The predicted octanol–water partition coefficient (Wildman–Crippen LogP) is 3.94. The first-order valence-electron chi connectivity index (χ1n) is 7.41. The van der Waals surface area contributed by atoms with Gasteiger partial charge in [-0.2, -0.15) is 28.1 Å². The van der Waals surface area contributed by atoms with Crippen molar-refractivity contribution in [2.24, 2.45) is 0 Å². The number of nitrogens with one attached hydrogen (secondary N) is 1. The molecule has 0 radical (unpaired) electrons. The van der Waals surface area contributed by atoms with E-state index in [1.807, 2.05) is 0 Å². The Hall–Kier alpha value is -3.14. The first-order chi connectivity index (χ1) is 12.7. The van der Waals surface area contributed by atoms with Crippen LogP contribution < -0.4 is 15.8 Å². The molecule has 1 aromatic carbocycles. The van der Waals surface area contributed by atoms with Gasteiger partial charge in [-0.15, -0.1) is 0 Å². The van der Waals surface area contributed by atoms with Gasteiger partial charge >= 0.3 is 6.18 Å². The van der Waals surface area contributed by atoms with Gasteiger partial charge in [-0.25, -0.2) is 0 Å². The minimum atomic E-state index is -4.57. The van der Waals surface area contributed by atoms with E-state index in [0.717, 1.165) is 12.3 Å². The Kier molecular flexibility index (Phi) is 5.00. The zero-order valence-corrected chi connectivity index (χ0v) is 14.5. The van der Waals surface area contributed by atoms with Gasteiger partial charge in [0.05, 0.1) is 7.11 Å². The van der Waals surface area contributed by atoms with E-state index < -0.39 is 11.9 Å². The molecule has 3 rings (SSSR count). The second-order valence-corrected chi connectivity index (χ2v) is 5.71. The Labute approximate surface area is 156 Å². The summed E-state index contributed by atoms with van der Waals surface area (Å²) in [7, 11) is 1.48. The Morgan fingerprint density at radius 1 is 1.11 bits per heavy atom. The van der Waals surface area contributed by atoms with Crippen LogP contribution in [0.3, 0.4) is 0 Å². The zero-order chi connectivity index (χ0) is 19.6. The van der Waals surface area contributed by atoms with Gasteiger partial charge in [0.1, 0.15) is 11.4 Å². The second kappa shape index (κ2) is 7.23. The molecule has 0 aliphatic rings. The fourth-order valence-corrected chi connectivity index (χ4v) is 2.40. The smallest absolute Gasteiger partial charge is 0.433 e. The van der Waals surface area contributed by atoms with E-state index >= 15 is 0 Å². The molecule has 0 amide bonds. The number of methoxy groups -OCH3 is 1. The van der Waals surface area contributed by atoms with Crippen molar-refractivity contribution in [2.45, 2.75) is 6.18 Å². The number of aromatic nitrogens is 4. The lowest BCUT2D eigenvalue weighted by Crippen LogP contribution is -2.09. The lowest BCUT2D eigenvalue weighted by Gasteiger charge is -2.10. The second-order valence-electron chi connectivity index (χ2n) is 5.27. The topological polar surface area (TPSA) is 98.8 Å². The third kappa shape index (κ3) is 4.53. The minimum absolute atomic E-state index is 0.0317. The van der Waals surface area contributed by atoms with Crippen LogP contribution in [-0.2, 0) is 6.18 Å². The molecular weight excluding hydrogens is 385 g/mol. The summed E-state index contributed by atoms with van der Waals surface area (Å²) in [6.45, 7) is 0. The van der Waals surface area contributed by atoms with Crippen molar-refractivity contribution in [1.29, 1.82) is 0 Å². The number of nitrogen functional groups attached to an aromatic ring is 1. The number of hydrogen-bond acceptors (Lipinski definition) is 7. The number of alkyl halides is 3. The maximum Gasteiger partial charge on any atom is 0.433 e. The molecule has 3 aromatic rings. The molecule has 0 bridgehead atoms. The van der Waals surface area contributed by atoms with Crippen LogP contribution in [0, 0.1) is 0 Å². The highest BCUT2D eigenvalue weighted by molar-refractivity contribution is 6.31. The van der Waals surface area contributed by atoms with Crippen LogP contribution in [0.15, 0.2) is 36.5 Å². The molecule has 27 heavy (non-hydrogen) atoms. The quantitative estimate of drug-likeness (QED) is 0.689. The van der Waals surface area contributed by atoms with Crippen LogP contribution in [0.1, 0.15) is 5.69 Å². The number of anilines is 3. The molecule has 0 saturated carbocycles. The van der Waals surface area contributed by atoms with Crippen LogP contribution in [-0.4, -0.2) is 27.0 Å². The standard InChI is InChI=1S/C16H12ClF3N6O/c1-27-11-5-8(4-9(17)6-11)13-24-14(21)26-15(25-13)23-10-2-3-22-12(7-10)16(18,19)20/h2-7H,1H3,(H3,21,22,23,24,25,26).